The van der Waals surface area contributed by atoms with Gasteiger partial charge in [0.05, 0.1) is 11.3 Å². The first kappa shape index (κ1) is 37.5. The van der Waals surface area contributed by atoms with Gasteiger partial charge in [-0.1, -0.05) is 193 Å². The summed E-state index contributed by atoms with van der Waals surface area (Å²) in [6, 6.07) is 10.7. The number of nitriles is 1. The maximum absolute atomic E-state index is 9.68. The first-order valence-corrected chi connectivity index (χ1v) is 18.6. The van der Waals surface area contributed by atoms with E-state index in [9.17, 15) is 5.26 Å². The fourth-order valence-corrected chi connectivity index (χ4v) is 6.19. The molecule has 0 aliphatic rings. The third-order valence-electron chi connectivity index (χ3n) is 8.93. The number of rotatable bonds is 31. The predicted molar refractivity (Wildman–Crippen MR) is 184 cm³/mol. The SMILES string of the molecule is CCCCCCCCCCCCCCCCN(CCCCCCCCCCCCCCCC)c1ccccc1C#N. The Kier molecular flexibility index (Phi) is 27.4. The average Bonchev–Trinajstić information content (AvgIpc) is 3.00. The maximum atomic E-state index is 9.68. The van der Waals surface area contributed by atoms with Crippen molar-refractivity contribution in [3.05, 3.63) is 29.8 Å². The second kappa shape index (κ2) is 30.0. The number of anilines is 1. The zero-order valence-electron chi connectivity index (χ0n) is 27.9. The molecule has 2 heteroatoms. The van der Waals surface area contributed by atoms with E-state index in [-0.39, 0.29) is 0 Å². The molecule has 1 aromatic rings. The smallest absolute Gasteiger partial charge is 0.101 e. The van der Waals surface area contributed by atoms with Crippen LogP contribution in [0.25, 0.3) is 0 Å². The number of unbranched alkanes of at least 4 members (excludes halogenated alkanes) is 26. The molecule has 0 saturated heterocycles. The third-order valence-corrected chi connectivity index (χ3v) is 8.93. The molecule has 0 fully saturated rings. The molecular weight excluding hydrogens is 496 g/mol. The lowest BCUT2D eigenvalue weighted by molar-refractivity contribution is 0.529. The van der Waals surface area contributed by atoms with E-state index in [1.165, 1.54) is 180 Å². The Morgan fingerprint density at radius 3 is 1.05 bits per heavy atom. The lowest BCUT2D eigenvalue weighted by Crippen LogP contribution is -2.26. The molecule has 41 heavy (non-hydrogen) atoms. The Balaban J connectivity index is 2.13. The quantitative estimate of drug-likeness (QED) is 0.0836. The second-order valence-electron chi connectivity index (χ2n) is 12.8. The van der Waals surface area contributed by atoms with Gasteiger partial charge < -0.3 is 4.90 Å². The van der Waals surface area contributed by atoms with Crippen molar-refractivity contribution in [1.82, 2.24) is 0 Å². The largest absolute Gasteiger partial charge is 0.370 e. The first-order chi connectivity index (χ1) is 20.3. The molecule has 0 radical (unpaired) electrons. The molecule has 0 atom stereocenters. The molecule has 0 saturated carbocycles. The van der Waals surface area contributed by atoms with Gasteiger partial charge in [-0.05, 0) is 25.0 Å². The minimum absolute atomic E-state index is 0.836. The van der Waals surface area contributed by atoms with Gasteiger partial charge in [0.15, 0.2) is 0 Å². The summed E-state index contributed by atoms with van der Waals surface area (Å²) in [6.07, 6.45) is 39.2. The highest BCUT2D eigenvalue weighted by Gasteiger charge is 2.10. The fraction of sp³-hybridized carbons (Fsp3) is 0.821. The number of para-hydroxylation sites is 1. The van der Waals surface area contributed by atoms with Gasteiger partial charge in [0.2, 0.25) is 0 Å². The van der Waals surface area contributed by atoms with Crippen molar-refractivity contribution >= 4 is 5.69 Å². The van der Waals surface area contributed by atoms with Crippen LogP contribution in [0.4, 0.5) is 5.69 Å². The Morgan fingerprint density at radius 2 is 0.732 bits per heavy atom. The van der Waals surface area contributed by atoms with Gasteiger partial charge in [-0.3, -0.25) is 0 Å². The minimum Gasteiger partial charge on any atom is -0.370 e. The highest BCUT2D eigenvalue weighted by atomic mass is 15.1. The van der Waals surface area contributed by atoms with Gasteiger partial charge in [0.25, 0.3) is 0 Å². The summed E-state index contributed by atoms with van der Waals surface area (Å²) in [4.78, 5) is 2.51. The number of benzene rings is 1. The first-order valence-electron chi connectivity index (χ1n) is 18.6. The molecule has 0 amide bonds. The summed E-state index contributed by atoms with van der Waals surface area (Å²) in [6.45, 7) is 6.78. The van der Waals surface area contributed by atoms with E-state index >= 15 is 0 Å². The molecule has 0 N–H and O–H groups in total. The van der Waals surface area contributed by atoms with Crippen molar-refractivity contribution in [2.75, 3.05) is 18.0 Å². The van der Waals surface area contributed by atoms with Crippen LogP contribution >= 0.6 is 0 Å². The predicted octanol–water partition coefficient (Wildman–Crippen LogP) is 13.3. The highest BCUT2D eigenvalue weighted by molar-refractivity contribution is 5.59. The van der Waals surface area contributed by atoms with Crippen LogP contribution in [0.15, 0.2) is 24.3 Å². The molecule has 2 nitrogen and oxygen atoms in total. The maximum Gasteiger partial charge on any atom is 0.101 e. The van der Waals surface area contributed by atoms with Crippen LogP contribution in [0.3, 0.4) is 0 Å². The van der Waals surface area contributed by atoms with Crippen molar-refractivity contribution < 1.29 is 0 Å². The molecule has 0 aliphatic heterocycles. The lowest BCUT2D eigenvalue weighted by Gasteiger charge is -2.26. The van der Waals surface area contributed by atoms with Gasteiger partial charge in [-0.15, -0.1) is 0 Å². The van der Waals surface area contributed by atoms with Crippen molar-refractivity contribution in [3.63, 3.8) is 0 Å². The van der Waals surface area contributed by atoms with Crippen LogP contribution in [0.1, 0.15) is 199 Å². The van der Waals surface area contributed by atoms with Crippen molar-refractivity contribution in [2.45, 2.75) is 194 Å². The Morgan fingerprint density at radius 1 is 0.439 bits per heavy atom. The minimum atomic E-state index is 0.836. The van der Waals surface area contributed by atoms with Crippen LogP contribution in [-0.4, -0.2) is 13.1 Å². The van der Waals surface area contributed by atoms with Gasteiger partial charge in [-0.2, -0.15) is 5.26 Å². The van der Waals surface area contributed by atoms with Crippen molar-refractivity contribution in [1.29, 1.82) is 5.26 Å². The highest BCUT2D eigenvalue weighted by Crippen LogP contribution is 2.22. The van der Waals surface area contributed by atoms with Crippen molar-refractivity contribution in [3.8, 4) is 6.07 Å². The monoisotopic (exact) mass is 567 g/mol. The summed E-state index contributed by atoms with van der Waals surface area (Å²) in [5.74, 6) is 0. The molecular formula is C39H70N2. The molecule has 0 spiro atoms. The normalized spacial score (nSPS) is 11.1. The number of nitrogens with zero attached hydrogens (tertiary/aromatic N) is 2. The van der Waals surface area contributed by atoms with E-state index in [0.29, 0.717) is 0 Å². The van der Waals surface area contributed by atoms with Crippen LogP contribution in [0.5, 0.6) is 0 Å². The summed E-state index contributed by atoms with van der Waals surface area (Å²) >= 11 is 0. The Labute approximate surface area is 258 Å². The molecule has 0 unspecified atom stereocenters. The van der Waals surface area contributed by atoms with Crippen LogP contribution in [0.2, 0.25) is 0 Å². The summed E-state index contributed by atoms with van der Waals surface area (Å²) in [5.41, 5.74) is 1.99. The molecule has 0 aliphatic carbocycles. The third kappa shape index (κ3) is 22.7. The van der Waals surface area contributed by atoms with Crippen LogP contribution < -0.4 is 4.90 Å². The van der Waals surface area contributed by atoms with Gasteiger partial charge in [-0.25, -0.2) is 0 Å². The number of hydrogen-bond acceptors (Lipinski definition) is 2. The van der Waals surface area contributed by atoms with E-state index in [1.54, 1.807) is 0 Å². The molecule has 0 heterocycles. The lowest BCUT2D eigenvalue weighted by atomic mass is 10.0. The Bertz CT molecular complexity index is 674. The van der Waals surface area contributed by atoms with E-state index in [0.717, 1.165) is 24.3 Å². The van der Waals surface area contributed by atoms with Crippen molar-refractivity contribution in [2.24, 2.45) is 0 Å². The zero-order valence-corrected chi connectivity index (χ0v) is 27.9. The second-order valence-corrected chi connectivity index (χ2v) is 12.8. The molecule has 0 bridgehead atoms. The van der Waals surface area contributed by atoms with E-state index < -0.39 is 0 Å². The van der Waals surface area contributed by atoms with Gasteiger partial charge in [0, 0.05) is 13.1 Å². The van der Waals surface area contributed by atoms with Crippen LogP contribution in [0, 0.1) is 11.3 Å². The van der Waals surface area contributed by atoms with E-state index in [1.807, 2.05) is 12.1 Å². The zero-order chi connectivity index (χ0) is 29.5. The Hall–Kier alpha value is -1.49. The fourth-order valence-electron chi connectivity index (χ4n) is 6.19. The average molecular weight is 567 g/mol. The summed E-state index contributed by atoms with van der Waals surface area (Å²) < 4.78 is 0. The molecule has 1 rings (SSSR count). The standard InChI is InChI=1S/C39H70N2/c1-3-5-7-9-11-13-15-17-19-21-23-25-27-31-35-41(39-34-30-29-33-38(39)37-40)36-32-28-26-24-22-20-18-16-14-12-10-8-6-4-2/h29-30,33-34H,3-28,31-32,35-36H2,1-2H3. The molecule has 236 valence electrons. The van der Waals surface area contributed by atoms with Gasteiger partial charge in [0.1, 0.15) is 6.07 Å². The summed E-state index contributed by atoms with van der Waals surface area (Å²) in [5, 5.41) is 9.68. The topological polar surface area (TPSA) is 27.0 Å². The molecule has 0 aromatic heterocycles. The number of hydrogen-bond donors (Lipinski definition) is 0. The van der Waals surface area contributed by atoms with E-state index in [4.69, 9.17) is 0 Å². The molecule has 1 aromatic carbocycles. The van der Waals surface area contributed by atoms with Gasteiger partial charge >= 0.3 is 0 Å². The van der Waals surface area contributed by atoms with E-state index in [2.05, 4.69) is 36.9 Å². The summed E-state index contributed by atoms with van der Waals surface area (Å²) in [7, 11) is 0. The van der Waals surface area contributed by atoms with Crippen LogP contribution in [-0.2, 0) is 0 Å².